The van der Waals surface area contributed by atoms with E-state index in [1.807, 2.05) is 7.05 Å². The average Bonchev–Trinajstić information content (AvgIpc) is 2.55. The van der Waals surface area contributed by atoms with Crippen LogP contribution in [-0.4, -0.2) is 60.6 Å². The van der Waals surface area contributed by atoms with Gasteiger partial charge in [-0.1, -0.05) is 12.1 Å². The Bertz CT molecular complexity index is 647. The molecule has 0 unspecified atom stereocenters. The van der Waals surface area contributed by atoms with Gasteiger partial charge in [0, 0.05) is 37.4 Å². The normalized spacial score (nSPS) is 15.9. The van der Waals surface area contributed by atoms with Gasteiger partial charge in [0.05, 0.1) is 0 Å². The lowest BCUT2D eigenvalue weighted by Crippen LogP contribution is -2.53. The van der Waals surface area contributed by atoms with Gasteiger partial charge in [-0.25, -0.2) is 0 Å². The Morgan fingerprint density at radius 3 is 2.29 bits per heavy atom. The standard InChI is InChI=1S/C18H25N3O3/c1-13(22)14-6-5-7-15(12-14)19-16(23)18(2,3)17(24)21-10-8-20(4)9-11-21/h5-7,12H,8-11H2,1-4H3,(H,19,23). The van der Waals surface area contributed by atoms with Crippen molar-refractivity contribution in [2.75, 3.05) is 38.5 Å². The largest absolute Gasteiger partial charge is 0.339 e. The van der Waals surface area contributed by atoms with Crippen molar-refractivity contribution in [1.29, 1.82) is 0 Å². The highest BCUT2D eigenvalue weighted by molar-refractivity contribution is 6.10. The first kappa shape index (κ1) is 18.1. The molecule has 1 heterocycles. The van der Waals surface area contributed by atoms with Crippen LogP contribution >= 0.6 is 0 Å². The summed E-state index contributed by atoms with van der Waals surface area (Å²) in [5, 5.41) is 2.76. The number of rotatable bonds is 4. The van der Waals surface area contributed by atoms with Crippen LogP contribution < -0.4 is 5.32 Å². The molecule has 1 aliphatic heterocycles. The van der Waals surface area contributed by atoms with Crippen molar-refractivity contribution in [1.82, 2.24) is 9.80 Å². The molecule has 0 spiro atoms. The molecule has 0 bridgehead atoms. The molecule has 1 aliphatic rings. The van der Waals surface area contributed by atoms with E-state index in [0.717, 1.165) is 13.1 Å². The van der Waals surface area contributed by atoms with Crippen molar-refractivity contribution in [3.05, 3.63) is 29.8 Å². The molecule has 0 radical (unpaired) electrons. The second-order valence-corrected chi connectivity index (χ2v) is 6.81. The number of carbonyl (C=O) groups is 3. The number of carbonyl (C=O) groups excluding carboxylic acids is 3. The van der Waals surface area contributed by atoms with E-state index >= 15 is 0 Å². The third kappa shape index (κ3) is 4.00. The summed E-state index contributed by atoms with van der Waals surface area (Å²) in [6, 6.07) is 6.73. The van der Waals surface area contributed by atoms with Crippen molar-refractivity contribution >= 4 is 23.3 Å². The van der Waals surface area contributed by atoms with Gasteiger partial charge in [-0.05, 0) is 40.0 Å². The van der Waals surface area contributed by atoms with Gasteiger partial charge in [0.25, 0.3) is 0 Å². The van der Waals surface area contributed by atoms with Gasteiger partial charge in [0.1, 0.15) is 5.41 Å². The van der Waals surface area contributed by atoms with Crippen molar-refractivity contribution in [3.8, 4) is 0 Å². The highest BCUT2D eigenvalue weighted by atomic mass is 16.2. The first-order valence-electron chi connectivity index (χ1n) is 8.12. The molecule has 6 nitrogen and oxygen atoms in total. The van der Waals surface area contributed by atoms with Gasteiger partial charge in [-0.3, -0.25) is 14.4 Å². The SMILES string of the molecule is CC(=O)c1cccc(NC(=O)C(C)(C)C(=O)N2CCN(C)CC2)c1. The number of amides is 2. The fourth-order valence-corrected chi connectivity index (χ4v) is 2.61. The average molecular weight is 331 g/mol. The van der Waals surface area contributed by atoms with E-state index in [0.29, 0.717) is 24.3 Å². The number of nitrogens with zero attached hydrogens (tertiary/aromatic N) is 2. The number of piperazine rings is 1. The number of nitrogens with one attached hydrogen (secondary N) is 1. The predicted octanol–water partition coefficient (Wildman–Crippen LogP) is 1.63. The highest BCUT2D eigenvalue weighted by Gasteiger charge is 2.39. The summed E-state index contributed by atoms with van der Waals surface area (Å²) in [5.74, 6) is -0.609. The number of Topliss-reactive ketones (excluding diaryl/α,β-unsaturated/α-hetero) is 1. The smallest absolute Gasteiger partial charge is 0.239 e. The molecule has 2 rings (SSSR count). The number of hydrogen-bond acceptors (Lipinski definition) is 4. The molecule has 1 aromatic rings. The van der Waals surface area contributed by atoms with Crippen LogP contribution in [-0.2, 0) is 9.59 Å². The maximum Gasteiger partial charge on any atom is 0.239 e. The Morgan fingerprint density at radius 2 is 1.71 bits per heavy atom. The van der Waals surface area contributed by atoms with Crippen LogP contribution in [0.5, 0.6) is 0 Å². The first-order chi connectivity index (χ1) is 11.2. The fourth-order valence-electron chi connectivity index (χ4n) is 2.61. The van der Waals surface area contributed by atoms with Gasteiger partial charge in [-0.2, -0.15) is 0 Å². The summed E-state index contributed by atoms with van der Waals surface area (Å²) in [6.07, 6.45) is 0. The van der Waals surface area contributed by atoms with Crippen LogP contribution in [0, 0.1) is 5.41 Å². The second kappa shape index (κ2) is 7.13. The lowest BCUT2D eigenvalue weighted by molar-refractivity contribution is -0.147. The molecule has 130 valence electrons. The second-order valence-electron chi connectivity index (χ2n) is 6.81. The van der Waals surface area contributed by atoms with E-state index in [1.165, 1.54) is 6.92 Å². The molecule has 0 aliphatic carbocycles. The van der Waals surface area contributed by atoms with Crippen LogP contribution in [0.4, 0.5) is 5.69 Å². The topological polar surface area (TPSA) is 69.7 Å². The molecule has 0 saturated carbocycles. The minimum Gasteiger partial charge on any atom is -0.339 e. The molecule has 2 amide bonds. The van der Waals surface area contributed by atoms with Crippen LogP contribution in [0.25, 0.3) is 0 Å². The molecular weight excluding hydrogens is 306 g/mol. The van der Waals surface area contributed by atoms with E-state index in [1.54, 1.807) is 43.0 Å². The minimum atomic E-state index is -1.16. The lowest BCUT2D eigenvalue weighted by Gasteiger charge is -2.36. The third-order valence-electron chi connectivity index (χ3n) is 4.42. The van der Waals surface area contributed by atoms with Crippen molar-refractivity contribution in [2.24, 2.45) is 5.41 Å². The monoisotopic (exact) mass is 331 g/mol. The van der Waals surface area contributed by atoms with E-state index in [9.17, 15) is 14.4 Å². The fraction of sp³-hybridized carbons (Fsp3) is 0.500. The Balaban J connectivity index is 2.08. The van der Waals surface area contributed by atoms with Gasteiger partial charge < -0.3 is 15.1 Å². The van der Waals surface area contributed by atoms with Gasteiger partial charge in [0.2, 0.25) is 11.8 Å². The summed E-state index contributed by atoms with van der Waals surface area (Å²) in [6.45, 7) is 7.63. The molecule has 6 heteroatoms. The maximum absolute atomic E-state index is 12.7. The van der Waals surface area contributed by atoms with Crippen molar-refractivity contribution in [2.45, 2.75) is 20.8 Å². The Kier molecular flexibility index (Phi) is 5.39. The number of ketones is 1. The van der Waals surface area contributed by atoms with E-state index < -0.39 is 5.41 Å². The van der Waals surface area contributed by atoms with Crippen LogP contribution in [0.3, 0.4) is 0 Å². The van der Waals surface area contributed by atoms with Gasteiger partial charge >= 0.3 is 0 Å². The van der Waals surface area contributed by atoms with Crippen molar-refractivity contribution in [3.63, 3.8) is 0 Å². The Morgan fingerprint density at radius 1 is 1.08 bits per heavy atom. The van der Waals surface area contributed by atoms with Gasteiger partial charge in [-0.15, -0.1) is 0 Å². The summed E-state index contributed by atoms with van der Waals surface area (Å²) in [5.41, 5.74) is -0.120. The van der Waals surface area contributed by atoms with Gasteiger partial charge in [0.15, 0.2) is 5.78 Å². The third-order valence-corrected chi connectivity index (χ3v) is 4.42. The summed E-state index contributed by atoms with van der Waals surface area (Å²) >= 11 is 0. The zero-order valence-corrected chi connectivity index (χ0v) is 14.8. The summed E-state index contributed by atoms with van der Waals surface area (Å²) in [4.78, 5) is 40.7. The quantitative estimate of drug-likeness (QED) is 0.672. The number of likely N-dealkylation sites (N-methyl/N-ethyl adjacent to an activating group) is 1. The number of hydrogen-bond donors (Lipinski definition) is 1. The van der Waals surface area contributed by atoms with E-state index in [4.69, 9.17) is 0 Å². The lowest BCUT2D eigenvalue weighted by atomic mass is 9.89. The maximum atomic E-state index is 12.7. The zero-order valence-electron chi connectivity index (χ0n) is 14.8. The predicted molar refractivity (Wildman–Crippen MR) is 92.9 cm³/mol. The molecule has 1 fully saturated rings. The molecular formula is C18H25N3O3. The molecule has 0 atom stereocenters. The molecule has 0 aromatic heterocycles. The molecule has 1 aromatic carbocycles. The van der Waals surface area contributed by atoms with Crippen LogP contribution in [0.2, 0.25) is 0 Å². The Hall–Kier alpha value is -2.21. The molecule has 24 heavy (non-hydrogen) atoms. The van der Waals surface area contributed by atoms with Crippen LogP contribution in [0.1, 0.15) is 31.1 Å². The first-order valence-corrected chi connectivity index (χ1v) is 8.12. The molecule has 1 N–H and O–H groups in total. The van der Waals surface area contributed by atoms with E-state index in [-0.39, 0.29) is 17.6 Å². The highest BCUT2D eigenvalue weighted by Crippen LogP contribution is 2.23. The number of benzene rings is 1. The zero-order chi connectivity index (χ0) is 17.9. The molecule has 1 saturated heterocycles. The summed E-state index contributed by atoms with van der Waals surface area (Å²) < 4.78 is 0. The van der Waals surface area contributed by atoms with E-state index in [2.05, 4.69) is 10.2 Å². The minimum absolute atomic E-state index is 0.0705. The summed E-state index contributed by atoms with van der Waals surface area (Å²) in [7, 11) is 2.02. The van der Waals surface area contributed by atoms with Crippen molar-refractivity contribution < 1.29 is 14.4 Å². The van der Waals surface area contributed by atoms with Crippen LogP contribution in [0.15, 0.2) is 24.3 Å². The number of anilines is 1. The Labute approximate surface area is 142 Å².